The third-order valence-corrected chi connectivity index (χ3v) is 4.51. The number of anilines is 1. The molecule has 1 aliphatic carbocycles. The summed E-state index contributed by atoms with van der Waals surface area (Å²) in [6.07, 6.45) is 4.30. The van der Waals surface area contributed by atoms with Gasteiger partial charge < -0.3 is 4.90 Å². The van der Waals surface area contributed by atoms with Crippen molar-refractivity contribution >= 4 is 5.69 Å². The molecule has 0 aromatic heterocycles. The summed E-state index contributed by atoms with van der Waals surface area (Å²) >= 11 is 0. The van der Waals surface area contributed by atoms with Crippen LogP contribution < -0.4 is 4.90 Å². The van der Waals surface area contributed by atoms with Crippen molar-refractivity contribution in [3.05, 3.63) is 78.1 Å². The summed E-state index contributed by atoms with van der Waals surface area (Å²) in [6.45, 7) is 15.4. The maximum atomic E-state index is 4.37. The zero-order chi connectivity index (χ0) is 14.5. The van der Waals surface area contributed by atoms with Crippen molar-refractivity contribution in [2.75, 3.05) is 4.90 Å². The first kappa shape index (κ1) is 13.0. The lowest BCUT2D eigenvalue weighted by molar-refractivity contribution is 0.446. The molecule has 1 unspecified atom stereocenters. The van der Waals surface area contributed by atoms with E-state index in [2.05, 4.69) is 75.2 Å². The Bertz CT molecular complexity index is 644. The van der Waals surface area contributed by atoms with Crippen molar-refractivity contribution in [1.29, 1.82) is 0 Å². The molecule has 0 N–H and O–H groups in total. The number of hydrogen-bond donors (Lipinski definition) is 0. The summed E-state index contributed by atoms with van der Waals surface area (Å²) in [6, 6.07) is 10.5. The van der Waals surface area contributed by atoms with Crippen LogP contribution >= 0.6 is 0 Å². The van der Waals surface area contributed by atoms with Gasteiger partial charge in [-0.1, -0.05) is 43.5 Å². The van der Waals surface area contributed by atoms with Gasteiger partial charge in [0.25, 0.3) is 0 Å². The summed E-state index contributed by atoms with van der Waals surface area (Å²) in [5.41, 5.74) is 6.08. The molecule has 0 saturated carbocycles. The van der Waals surface area contributed by atoms with Gasteiger partial charge in [0.15, 0.2) is 0 Å². The average Bonchev–Trinajstić information content (AvgIpc) is 2.63. The second-order valence-electron chi connectivity index (χ2n) is 6.21. The molecule has 1 aliphatic heterocycles. The molecule has 2 aliphatic rings. The molecule has 1 saturated heterocycles. The largest absolute Gasteiger partial charge is 0.335 e. The fourth-order valence-electron chi connectivity index (χ4n) is 3.70. The minimum atomic E-state index is -0.0448. The third kappa shape index (κ3) is 1.62. The summed E-state index contributed by atoms with van der Waals surface area (Å²) < 4.78 is 0. The highest BCUT2D eigenvalue weighted by molar-refractivity contribution is 5.69. The average molecular weight is 263 g/mol. The van der Waals surface area contributed by atoms with E-state index in [4.69, 9.17) is 0 Å². The van der Waals surface area contributed by atoms with E-state index < -0.39 is 0 Å². The van der Waals surface area contributed by atoms with E-state index >= 15 is 0 Å². The van der Waals surface area contributed by atoms with E-state index in [0.717, 1.165) is 5.70 Å². The van der Waals surface area contributed by atoms with Gasteiger partial charge >= 0.3 is 0 Å². The highest BCUT2D eigenvalue weighted by atomic mass is 15.2. The first-order valence-electron chi connectivity index (χ1n) is 7.07. The zero-order valence-corrected chi connectivity index (χ0v) is 12.5. The molecule has 1 heteroatoms. The first-order chi connectivity index (χ1) is 9.44. The van der Waals surface area contributed by atoms with Crippen LogP contribution in [-0.4, -0.2) is 5.54 Å². The van der Waals surface area contributed by atoms with Crippen LogP contribution in [0.4, 0.5) is 5.69 Å². The highest BCUT2D eigenvalue weighted by Crippen LogP contribution is 2.52. The number of benzene rings is 1. The van der Waals surface area contributed by atoms with Crippen LogP contribution in [0.1, 0.15) is 20.8 Å². The van der Waals surface area contributed by atoms with Gasteiger partial charge in [-0.15, -0.1) is 0 Å². The van der Waals surface area contributed by atoms with Crippen molar-refractivity contribution < 1.29 is 0 Å². The SMILES string of the molecule is C=C1C=CC(C)=C2C(=C)N(c3ccccc3)C(C)(C)C12. The maximum absolute atomic E-state index is 4.37. The van der Waals surface area contributed by atoms with Gasteiger partial charge in [-0.25, -0.2) is 0 Å². The number of allylic oxidation sites excluding steroid dienone is 4. The lowest BCUT2D eigenvalue weighted by atomic mass is 9.76. The minimum absolute atomic E-state index is 0.0448. The molecular weight excluding hydrogens is 242 g/mol. The Balaban J connectivity index is 2.19. The van der Waals surface area contributed by atoms with Crippen molar-refractivity contribution in [3.8, 4) is 0 Å². The molecule has 1 aromatic rings. The maximum Gasteiger partial charge on any atom is 0.0504 e. The Kier molecular flexibility index (Phi) is 2.75. The molecule has 102 valence electrons. The van der Waals surface area contributed by atoms with Crippen LogP contribution in [-0.2, 0) is 0 Å². The van der Waals surface area contributed by atoms with Crippen LogP contribution in [0.3, 0.4) is 0 Å². The van der Waals surface area contributed by atoms with Gasteiger partial charge in [-0.2, -0.15) is 0 Å². The Labute approximate surface area is 121 Å². The quantitative estimate of drug-likeness (QED) is 0.699. The smallest absolute Gasteiger partial charge is 0.0504 e. The van der Waals surface area contributed by atoms with E-state index in [1.807, 2.05) is 6.07 Å². The molecule has 3 rings (SSSR count). The number of fused-ring (bicyclic) bond motifs is 1. The second-order valence-corrected chi connectivity index (χ2v) is 6.21. The van der Waals surface area contributed by atoms with E-state index in [9.17, 15) is 0 Å². The summed E-state index contributed by atoms with van der Waals surface area (Å²) in [7, 11) is 0. The Morgan fingerprint density at radius 1 is 1.05 bits per heavy atom. The fraction of sp³-hybridized carbons (Fsp3) is 0.263. The molecule has 0 radical (unpaired) electrons. The van der Waals surface area contributed by atoms with Crippen LogP contribution in [0, 0.1) is 5.92 Å². The van der Waals surface area contributed by atoms with E-state index in [0.29, 0.717) is 5.92 Å². The standard InChI is InChI=1S/C19H21N/c1-13-11-12-14(2)18-17(13)15(3)20(19(18,4)5)16-9-7-6-8-10-16/h6-12,18H,2-3H2,1,4-5H3. The summed E-state index contributed by atoms with van der Waals surface area (Å²) in [5.74, 6) is 0.320. The number of hydrogen-bond acceptors (Lipinski definition) is 1. The van der Waals surface area contributed by atoms with Gasteiger partial charge in [0.05, 0.1) is 5.54 Å². The first-order valence-corrected chi connectivity index (χ1v) is 7.07. The summed E-state index contributed by atoms with van der Waals surface area (Å²) in [5, 5.41) is 0. The lowest BCUT2D eigenvalue weighted by Gasteiger charge is -2.38. The molecule has 0 amide bonds. The van der Waals surface area contributed by atoms with E-state index in [-0.39, 0.29) is 5.54 Å². The molecular formula is C19H21N. The minimum Gasteiger partial charge on any atom is -0.335 e. The van der Waals surface area contributed by atoms with E-state index in [1.54, 1.807) is 0 Å². The van der Waals surface area contributed by atoms with Crippen molar-refractivity contribution in [1.82, 2.24) is 0 Å². The lowest BCUT2D eigenvalue weighted by Crippen LogP contribution is -2.42. The van der Waals surface area contributed by atoms with Crippen molar-refractivity contribution in [3.63, 3.8) is 0 Å². The van der Waals surface area contributed by atoms with Crippen LogP contribution in [0.25, 0.3) is 0 Å². The number of rotatable bonds is 1. The third-order valence-electron chi connectivity index (χ3n) is 4.51. The Morgan fingerprint density at radius 3 is 2.30 bits per heavy atom. The monoisotopic (exact) mass is 263 g/mol. The molecule has 0 bridgehead atoms. The molecule has 1 nitrogen and oxygen atoms in total. The van der Waals surface area contributed by atoms with Crippen LogP contribution in [0.15, 0.2) is 78.1 Å². The van der Waals surface area contributed by atoms with Gasteiger partial charge in [0, 0.05) is 17.3 Å². The number of para-hydroxylation sites is 1. The zero-order valence-electron chi connectivity index (χ0n) is 12.5. The van der Waals surface area contributed by atoms with Crippen molar-refractivity contribution in [2.24, 2.45) is 5.92 Å². The van der Waals surface area contributed by atoms with Crippen LogP contribution in [0.2, 0.25) is 0 Å². The van der Waals surface area contributed by atoms with E-state index in [1.165, 1.54) is 22.4 Å². The molecule has 1 atom stereocenters. The normalized spacial score (nSPS) is 24.4. The predicted octanol–water partition coefficient (Wildman–Crippen LogP) is 4.86. The topological polar surface area (TPSA) is 3.24 Å². The Hall–Kier alpha value is -2.02. The van der Waals surface area contributed by atoms with Crippen LogP contribution in [0.5, 0.6) is 0 Å². The second kappa shape index (κ2) is 4.24. The molecule has 0 spiro atoms. The molecule has 1 heterocycles. The fourth-order valence-corrected chi connectivity index (χ4v) is 3.70. The van der Waals surface area contributed by atoms with Gasteiger partial charge in [0.2, 0.25) is 0 Å². The highest BCUT2D eigenvalue weighted by Gasteiger charge is 2.49. The molecule has 20 heavy (non-hydrogen) atoms. The predicted molar refractivity (Wildman–Crippen MR) is 86.6 cm³/mol. The van der Waals surface area contributed by atoms with Gasteiger partial charge in [-0.3, -0.25) is 0 Å². The van der Waals surface area contributed by atoms with Gasteiger partial charge in [0.1, 0.15) is 0 Å². The Morgan fingerprint density at radius 2 is 1.70 bits per heavy atom. The van der Waals surface area contributed by atoms with Crippen molar-refractivity contribution in [2.45, 2.75) is 26.3 Å². The van der Waals surface area contributed by atoms with Gasteiger partial charge in [-0.05, 0) is 49.6 Å². The number of nitrogens with zero attached hydrogens (tertiary/aromatic N) is 1. The molecule has 1 fully saturated rings. The summed E-state index contributed by atoms with van der Waals surface area (Å²) in [4.78, 5) is 2.36. The molecule has 1 aromatic carbocycles.